The second-order valence-electron chi connectivity index (χ2n) is 6.45. The van der Waals surface area contributed by atoms with Crippen molar-refractivity contribution in [1.29, 1.82) is 0 Å². The van der Waals surface area contributed by atoms with Crippen LogP contribution in [0.4, 0.5) is 0 Å². The lowest BCUT2D eigenvalue weighted by molar-refractivity contribution is 0.212. The standard InChI is InChI=1S/C17H31N3/c1-4-5-14-6-8-15(9-7-14)17(18-2)11-10-16-12-13-19-20(16)3/h12-15,17-18H,4-11H2,1-3H3. The molecule has 0 saturated heterocycles. The minimum atomic E-state index is 0.674. The Kier molecular flexibility index (Phi) is 6.08. The first-order chi connectivity index (χ1) is 9.74. The Balaban J connectivity index is 1.79. The summed E-state index contributed by atoms with van der Waals surface area (Å²) in [4.78, 5) is 0. The fourth-order valence-electron chi connectivity index (χ4n) is 3.85. The van der Waals surface area contributed by atoms with E-state index >= 15 is 0 Å². The van der Waals surface area contributed by atoms with Crippen LogP contribution in [0.5, 0.6) is 0 Å². The minimum Gasteiger partial charge on any atom is -0.317 e. The zero-order chi connectivity index (χ0) is 14.4. The van der Waals surface area contributed by atoms with Crippen molar-refractivity contribution in [3.63, 3.8) is 0 Å². The third kappa shape index (κ3) is 4.08. The zero-order valence-corrected chi connectivity index (χ0v) is 13.4. The molecular weight excluding hydrogens is 246 g/mol. The van der Waals surface area contributed by atoms with Crippen LogP contribution in [-0.4, -0.2) is 22.9 Å². The number of aryl methyl sites for hydroxylation is 2. The summed E-state index contributed by atoms with van der Waals surface area (Å²) < 4.78 is 2.00. The van der Waals surface area contributed by atoms with Gasteiger partial charge in [-0.1, -0.05) is 32.6 Å². The van der Waals surface area contributed by atoms with Crippen LogP contribution < -0.4 is 5.32 Å². The number of hydrogen-bond acceptors (Lipinski definition) is 2. The van der Waals surface area contributed by atoms with Crippen LogP contribution in [0.15, 0.2) is 12.3 Å². The molecule has 1 aliphatic rings. The molecule has 20 heavy (non-hydrogen) atoms. The highest BCUT2D eigenvalue weighted by Gasteiger charge is 2.26. The SMILES string of the molecule is CCCC1CCC(C(CCc2ccnn2C)NC)CC1. The summed E-state index contributed by atoms with van der Waals surface area (Å²) in [5, 5.41) is 7.83. The van der Waals surface area contributed by atoms with Gasteiger partial charge in [0.2, 0.25) is 0 Å². The van der Waals surface area contributed by atoms with Crippen molar-refractivity contribution in [2.45, 2.75) is 64.3 Å². The molecule has 0 bridgehead atoms. The highest BCUT2D eigenvalue weighted by atomic mass is 15.2. The van der Waals surface area contributed by atoms with Crippen molar-refractivity contribution in [1.82, 2.24) is 15.1 Å². The molecule has 1 fully saturated rings. The molecular formula is C17H31N3. The lowest BCUT2D eigenvalue weighted by Gasteiger charge is -2.34. The molecule has 1 atom stereocenters. The molecule has 1 unspecified atom stereocenters. The molecule has 0 spiro atoms. The maximum atomic E-state index is 4.26. The van der Waals surface area contributed by atoms with Gasteiger partial charge in [-0.05, 0) is 50.6 Å². The first-order valence-electron chi connectivity index (χ1n) is 8.38. The van der Waals surface area contributed by atoms with E-state index in [2.05, 4.69) is 30.5 Å². The van der Waals surface area contributed by atoms with E-state index in [0.717, 1.165) is 18.3 Å². The molecule has 0 radical (unpaired) electrons. The molecule has 2 rings (SSSR count). The molecule has 1 aromatic rings. The lowest BCUT2D eigenvalue weighted by atomic mass is 9.76. The van der Waals surface area contributed by atoms with E-state index in [0.29, 0.717) is 6.04 Å². The molecule has 3 heteroatoms. The first kappa shape index (κ1) is 15.6. The summed E-state index contributed by atoms with van der Waals surface area (Å²) in [5.74, 6) is 1.88. The third-order valence-electron chi connectivity index (χ3n) is 5.16. The van der Waals surface area contributed by atoms with Crippen molar-refractivity contribution < 1.29 is 0 Å². The van der Waals surface area contributed by atoms with Gasteiger partial charge in [0.25, 0.3) is 0 Å². The minimum absolute atomic E-state index is 0.674. The molecule has 0 amide bonds. The Morgan fingerprint density at radius 1 is 1.35 bits per heavy atom. The normalized spacial score (nSPS) is 24.8. The lowest BCUT2D eigenvalue weighted by Crippen LogP contribution is -2.36. The molecule has 1 aliphatic carbocycles. The maximum absolute atomic E-state index is 4.26. The second kappa shape index (κ2) is 7.82. The Morgan fingerprint density at radius 3 is 2.65 bits per heavy atom. The molecule has 1 N–H and O–H groups in total. The summed E-state index contributed by atoms with van der Waals surface area (Å²) in [6.07, 6.45) is 12.8. The average Bonchev–Trinajstić information content (AvgIpc) is 2.87. The van der Waals surface area contributed by atoms with Gasteiger partial charge >= 0.3 is 0 Å². The Labute approximate surface area is 124 Å². The number of nitrogens with zero attached hydrogens (tertiary/aromatic N) is 2. The van der Waals surface area contributed by atoms with Gasteiger partial charge in [-0.15, -0.1) is 0 Å². The summed E-state index contributed by atoms with van der Waals surface area (Å²) in [7, 11) is 4.17. The highest BCUT2D eigenvalue weighted by molar-refractivity contribution is 5.00. The largest absolute Gasteiger partial charge is 0.317 e. The van der Waals surface area contributed by atoms with E-state index in [1.165, 1.54) is 50.6 Å². The predicted octanol–water partition coefficient (Wildman–Crippen LogP) is 3.55. The van der Waals surface area contributed by atoms with Crippen molar-refractivity contribution >= 4 is 0 Å². The van der Waals surface area contributed by atoms with Gasteiger partial charge in [-0.2, -0.15) is 5.10 Å². The van der Waals surface area contributed by atoms with E-state index in [4.69, 9.17) is 0 Å². The van der Waals surface area contributed by atoms with Crippen LogP contribution in [0.1, 0.15) is 57.6 Å². The third-order valence-corrected chi connectivity index (χ3v) is 5.16. The van der Waals surface area contributed by atoms with Crippen molar-refractivity contribution in [2.75, 3.05) is 7.05 Å². The molecule has 1 heterocycles. The van der Waals surface area contributed by atoms with Gasteiger partial charge in [-0.3, -0.25) is 4.68 Å². The summed E-state index contributed by atoms with van der Waals surface area (Å²) in [6.45, 7) is 2.32. The molecule has 0 aliphatic heterocycles. The Bertz CT molecular complexity index is 377. The van der Waals surface area contributed by atoms with Crippen LogP contribution in [0.25, 0.3) is 0 Å². The average molecular weight is 277 g/mol. The van der Waals surface area contributed by atoms with E-state index < -0.39 is 0 Å². The van der Waals surface area contributed by atoms with Crippen LogP contribution in [0.3, 0.4) is 0 Å². The van der Waals surface area contributed by atoms with Gasteiger partial charge in [0, 0.05) is 25.0 Å². The first-order valence-corrected chi connectivity index (χ1v) is 8.38. The fourth-order valence-corrected chi connectivity index (χ4v) is 3.85. The van der Waals surface area contributed by atoms with E-state index in [1.54, 1.807) is 0 Å². The molecule has 1 aromatic heterocycles. The monoisotopic (exact) mass is 277 g/mol. The Morgan fingerprint density at radius 2 is 2.10 bits per heavy atom. The van der Waals surface area contributed by atoms with E-state index in [1.807, 2.05) is 17.9 Å². The topological polar surface area (TPSA) is 29.9 Å². The van der Waals surface area contributed by atoms with Crippen LogP contribution in [0, 0.1) is 11.8 Å². The van der Waals surface area contributed by atoms with Gasteiger partial charge in [0.05, 0.1) is 0 Å². The second-order valence-corrected chi connectivity index (χ2v) is 6.45. The van der Waals surface area contributed by atoms with Gasteiger partial charge in [0.1, 0.15) is 0 Å². The Hall–Kier alpha value is -0.830. The number of hydrogen-bond donors (Lipinski definition) is 1. The van der Waals surface area contributed by atoms with Crippen molar-refractivity contribution in [3.05, 3.63) is 18.0 Å². The smallest absolute Gasteiger partial charge is 0.0492 e. The van der Waals surface area contributed by atoms with Crippen molar-refractivity contribution in [3.8, 4) is 0 Å². The van der Waals surface area contributed by atoms with Crippen molar-refractivity contribution in [2.24, 2.45) is 18.9 Å². The summed E-state index contributed by atoms with van der Waals surface area (Å²) in [6, 6.07) is 2.82. The van der Waals surface area contributed by atoms with Crippen LogP contribution in [0.2, 0.25) is 0 Å². The quantitative estimate of drug-likeness (QED) is 0.826. The highest BCUT2D eigenvalue weighted by Crippen LogP contribution is 2.34. The molecule has 0 aromatic carbocycles. The fraction of sp³-hybridized carbons (Fsp3) is 0.824. The predicted molar refractivity (Wildman–Crippen MR) is 84.7 cm³/mol. The van der Waals surface area contributed by atoms with Crippen LogP contribution >= 0.6 is 0 Å². The van der Waals surface area contributed by atoms with E-state index in [9.17, 15) is 0 Å². The number of nitrogens with one attached hydrogen (secondary N) is 1. The van der Waals surface area contributed by atoms with Gasteiger partial charge in [-0.25, -0.2) is 0 Å². The zero-order valence-electron chi connectivity index (χ0n) is 13.4. The van der Waals surface area contributed by atoms with Crippen LogP contribution in [-0.2, 0) is 13.5 Å². The number of aromatic nitrogens is 2. The van der Waals surface area contributed by atoms with E-state index in [-0.39, 0.29) is 0 Å². The number of rotatable bonds is 7. The summed E-state index contributed by atoms with van der Waals surface area (Å²) in [5.41, 5.74) is 1.35. The molecule has 3 nitrogen and oxygen atoms in total. The maximum Gasteiger partial charge on any atom is 0.0492 e. The molecule has 114 valence electrons. The molecule has 1 saturated carbocycles. The van der Waals surface area contributed by atoms with Gasteiger partial charge in [0.15, 0.2) is 0 Å². The summed E-state index contributed by atoms with van der Waals surface area (Å²) >= 11 is 0. The van der Waals surface area contributed by atoms with Gasteiger partial charge < -0.3 is 5.32 Å².